The van der Waals surface area contributed by atoms with Gasteiger partial charge in [0.15, 0.2) is 5.78 Å². The van der Waals surface area contributed by atoms with E-state index in [1.165, 1.54) is 0 Å². The first-order valence-corrected chi connectivity index (χ1v) is 14.1. The van der Waals surface area contributed by atoms with Gasteiger partial charge >= 0.3 is 0 Å². The average Bonchev–Trinajstić information content (AvgIpc) is 2.87. The quantitative estimate of drug-likeness (QED) is 0.160. The minimum absolute atomic E-state index is 0.0459. The van der Waals surface area contributed by atoms with E-state index in [0.717, 1.165) is 48.2 Å². The molecule has 0 aromatic heterocycles. The predicted octanol–water partition coefficient (Wildman–Crippen LogP) is 7.05. The second kappa shape index (κ2) is 16.7. The molecule has 0 bridgehead atoms. The van der Waals surface area contributed by atoms with Crippen molar-refractivity contribution in [3.63, 3.8) is 0 Å². The molecule has 202 valence electrons. The first kappa shape index (κ1) is 31.1. The van der Waals surface area contributed by atoms with Crippen molar-refractivity contribution in [2.45, 2.75) is 59.3 Å². The van der Waals surface area contributed by atoms with Gasteiger partial charge in [0.25, 0.3) is 0 Å². The first-order valence-electron chi connectivity index (χ1n) is 13.3. The van der Waals surface area contributed by atoms with Gasteiger partial charge in [0.2, 0.25) is 0 Å². The Kier molecular flexibility index (Phi) is 14.0. The molecule has 0 spiro atoms. The monoisotopic (exact) mass is 569 g/mol. The number of ether oxygens (including phenoxy) is 1. The number of ketones is 1. The number of hydrogen-bond donors (Lipinski definition) is 0. The Morgan fingerprint density at radius 1 is 1.03 bits per heavy atom. The van der Waals surface area contributed by atoms with Crippen LogP contribution in [0.2, 0.25) is 0 Å². The largest absolute Gasteiger partial charge is 0.375 e. The van der Waals surface area contributed by atoms with Gasteiger partial charge in [-0.05, 0) is 65.4 Å². The van der Waals surface area contributed by atoms with Gasteiger partial charge in [0.05, 0.1) is 12.2 Å². The second-order valence-corrected chi connectivity index (χ2v) is 10.8. The van der Waals surface area contributed by atoms with E-state index in [4.69, 9.17) is 4.74 Å². The van der Waals surface area contributed by atoms with Crippen LogP contribution in [-0.4, -0.2) is 67.2 Å². The van der Waals surface area contributed by atoms with Crippen molar-refractivity contribution in [1.29, 1.82) is 0 Å². The van der Waals surface area contributed by atoms with E-state index < -0.39 is 0 Å². The van der Waals surface area contributed by atoms with E-state index in [1.54, 1.807) is 6.21 Å². The van der Waals surface area contributed by atoms with Gasteiger partial charge in [-0.15, -0.1) is 0 Å². The lowest BCUT2D eigenvalue weighted by atomic mass is 9.86. The summed E-state index contributed by atoms with van der Waals surface area (Å²) in [7, 11) is 2.13. The van der Waals surface area contributed by atoms with Crippen LogP contribution in [-0.2, 0) is 4.74 Å². The van der Waals surface area contributed by atoms with E-state index in [0.29, 0.717) is 0 Å². The maximum absolute atomic E-state index is 13.7. The lowest BCUT2D eigenvalue weighted by molar-refractivity contribution is -0.0143. The molecule has 3 atom stereocenters. The van der Waals surface area contributed by atoms with Crippen molar-refractivity contribution in [2.24, 2.45) is 10.9 Å². The van der Waals surface area contributed by atoms with Crippen LogP contribution in [0.3, 0.4) is 0 Å². The van der Waals surface area contributed by atoms with Crippen molar-refractivity contribution < 1.29 is 9.53 Å². The lowest BCUT2D eigenvalue weighted by Gasteiger charge is -2.38. The molecular weight excluding hydrogens is 526 g/mol. The van der Waals surface area contributed by atoms with Gasteiger partial charge in [-0.2, -0.15) is 0 Å². The van der Waals surface area contributed by atoms with Crippen LogP contribution in [0.4, 0.5) is 0 Å². The topological polar surface area (TPSA) is 45.1 Å². The number of aliphatic imine (C=N–C) groups is 1. The Morgan fingerprint density at radius 2 is 1.70 bits per heavy atom. The Labute approximate surface area is 232 Å². The predicted molar refractivity (Wildman–Crippen MR) is 159 cm³/mol. The van der Waals surface area contributed by atoms with Crippen molar-refractivity contribution in [3.8, 4) is 0 Å². The van der Waals surface area contributed by atoms with Gasteiger partial charge in [-0.25, -0.2) is 0 Å². The number of carbonyl (C=O) groups excluding carboxylic acids is 1. The summed E-state index contributed by atoms with van der Waals surface area (Å²) in [5.74, 6) is -0.0583. The van der Waals surface area contributed by atoms with Crippen molar-refractivity contribution in [1.82, 2.24) is 9.80 Å². The van der Waals surface area contributed by atoms with E-state index in [-0.39, 0.29) is 30.0 Å². The van der Waals surface area contributed by atoms with E-state index in [2.05, 4.69) is 95.8 Å². The molecule has 0 heterocycles. The Balaban J connectivity index is 2.31. The zero-order valence-corrected chi connectivity index (χ0v) is 24.9. The molecule has 0 amide bonds. The molecular formula is C31H44BrN3O2. The fraction of sp³-hybridized carbons (Fsp3) is 0.484. The highest BCUT2D eigenvalue weighted by Crippen LogP contribution is 2.33. The van der Waals surface area contributed by atoms with Crippen molar-refractivity contribution in [3.05, 3.63) is 82.5 Å². The minimum Gasteiger partial charge on any atom is -0.375 e. The minimum atomic E-state index is -0.220. The van der Waals surface area contributed by atoms with Gasteiger partial charge < -0.3 is 9.64 Å². The van der Waals surface area contributed by atoms with Crippen LogP contribution < -0.4 is 0 Å². The van der Waals surface area contributed by atoms with E-state index in [9.17, 15) is 4.79 Å². The standard InChI is InChI=1S/C31H44BrN3O2/c1-7-33-19-11-20-34(6)21-12-22-35(23-25(4)37-24(2)3)30(27-15-17-29(32)18-16-27)26(5)31(36)28-13-9-8-10-14-28/h7-11,13-19,24-26,30H,12,20-23H2,1-6H3/b19-11-,33-7-. The van der Waals surface area contributed by atoms with Crippen LogP contribution in [0.5, 0.6) is 0 Å². The molecule has 0 aliphatic carbocycles. The third-order valence-electron chi connectivity index (χ3n) is 6.29. The van der Waals surface area contributed by atoms with Gasteiger partial charge in [-0.1, -0.05) is 71.4 Å². The molecule has 3 unspecified atom stereocenters. The number of rotatable bonds is 16. The molecule has 5 nitrogen and oxygen atoms in total. The zero-order valence-electron chi connectivity index (χ0n) is 23.3. The summed E-state index contributed by atoms with van der Waals surface area (Å²) >= 11 is 3.57. The summed E-state index contributed by atoms with van der Waals surface area (Å²) in [5, 5.41) is 0. The third kappa shape index (κ3) is 11.0. The highest BCUT2D eigenvalue weighted by molar-refractivity contribution is 9.10. The van der Waals surface area contributed by atoms with Crippen molar-refractivity contribution >= 4 is 27.9 Å². The highest BCUT2D eigenvalue weighted by Gasteiger charge is 2.32. The molecule has 0 fully saturated rings. The number of Topliss-reactive ketones (excluding diaryl/α,β-unsaturated/α-hetero) is 1. The fourth-order valence-corrected chi connectivity index (χ4v) is 4.94. The zero-order chi connectivity index (χ0) is 27.2. The Bertz CT molecular complexity index is 976. The van der Waals surface area contributed by atoms with Crippen LogP contribution in [0, 0.1) is 5.92 Å². The molecule has 2 aromatic rings. The number of halogens is 1. The molecule has 0 radical (unpaired) electrons. The van der Waals surface area contributed by atoms with Crippen LogP contribution in [0.25, 0.3) is 0 Å². The number of carbonyl (C=O) groups is 1. The maximum Gasteiger partial charge on any atom is 0.167 e. The molecule has 2 rings (SSSR count). The SMILES string of the molecule is C/C=N\C=C/CN(C)CCCN(CC(C)OC(C)C)C(c1ccc(Br)cc1)C(C)C(=O)c1ccccc1. The first-order chi connectivity index (χ1) is 17.7. The maximum atomic E-state index is 13.7. The fourth-order valence-electron chi connectivity index (χ4n) is 4.68. The molecule has 2 aromatic carbocycles. The summed E-state index contributed by atoms with van der Waals surface area (Å²) in [4.78, 5) is 22.5. The van der Waals surface area contributed by atoms with Crippen LogP contribution in [0.1, 0.15) is 63.0 Å². The molecule has 0 saturated heterocycles. The normalized spacial score (nSPS) is 14.8. The number of hydrogen-bond acceptors (Lipinski definition) is 5. The van der Waals surface area contributed by atoms with Crippen LogP contribution in [0.15, 0.2) is 76.3 Å². The van der Waals surface area contributed by atoms with Gasteiger partial charge in [0, 0.05) is 54.0 Å². The average molecular weight is 571 g/mol. The van der Waals surface area contributed by atoms with E-state index >= 15 is 0 Å². The summed E-state index contributed by atoms with van der Waals surface area (Å²) in [6.07, 6.45) is 6.87. The Hall–Kier alpha value is -2.12. The van der Waals surface area contributed by atoms with Gasteiger partial charge in [-0.3, -0.25) is 14.7 Å². The second-order valence-electron chi connectivity index (χ2n) is 9.91. The molecule has 0 N–H and O–H groups in total. The summed E-state index contributed by atoms with van der Waals surface area (Å²) in [6, 6.07) is 18.0. The molecule has 0 aliphatic rings. The van der Waals surface area contributed by atoms with Crippen molar-refractivity contribution in [2.75, 3.05) is 33.2 Å². The summed E-state index contributed by atoms with van der Waals surface area (Å²) in [5.41, 5.74) is 1.90. The molecule has 37 heavy (non-hydrogen) atoms. The Morgan fingerprint density at radius 3 is 2.32 bits per heavy atom. The van der Waals surface area contributed by atoms with Gasteiger partial charge in [0.1, 0.15) is 0 Å². The number of benzene rings is 2. The lowest BCUT2D eigenvalue weighted by Crippen LogP contribution is -2.42. The number of likely N-dealkylation sites (N-methyl/N-ethyl adjacent to an activating group) is 1. The number of nitrogens with zero attached hydrogens (tertiary/aromatic N) is 3. The molecule has 0 saturated carbocycles. The highest BCUT2D eigenvalue weighted by atomic mass is 79.9. The summed E-state index contributed by atoms with van der Waals surface area (Å²) < 4.78 is 7.18. The van der Waals surface area contributed by atoms with E-state index in [1.807, 2.05) is 43.5 Å². The summed E-state index contributed by atoms with van der Waals surface area (Å²) in [6.45, 7) is 13.7. The molecule has 0 aliphatic heterocycles. The third-order valence-corrected chi connectivity index (χ3v) is 6.82. The smallest absolute Gasteiger partial charge is 0.167 e. The van der Waals surface area contributed by atoms with Crippen LogP contribution >= 0.6 is 15.9 Å². The molecule has 6 heteroatoms.